The predicted octanol–water partition coefficient (Wildman–Crippen LogP) is 4.17. The molecule has 1 fully saturated rings. The lowest BCUT2D eigenvalue weighted by molar-refractivity contribution is -0.120. The van der Waals surface area contributed by atoms with E-state index >= 15 is 0 Å². The Bertz CT molecular complexity index is 670. The number of aromatic amines is 1. The zero-order chi connectivity index (χ0) is 15.0. The van der Waals surface area contributed by atoms with Crippen LogP contribution in [0.3, 0.4) is 0 Å². The largest absolute Gasteiger partial charge is 0.309 e. The number of amides is 1. The Morgan fingerprint density at radius 3 is 2.95 bits per heavy atom. The molecule has 8 heteroatoms. The molecule has 0 spiro atoms. The maximum atomic E-state index is 13.1. The van der Waals surface area contributed by atoms with Crippen LogP contribution in [0.5, 0.6) is 0 Å². The number of nitrogens with one attached hydrogen (secondary N) is 2. The number of carbonyl (C=O) groups excluding carboxylic acids is 1. The first kappa shape index (κ1) is 14.5. The van der Waals surface area contributed by atoms with Crippen LogP contribution in [-0.2, 0) is 4.79 Å². The van der Waals surface area contributed by atoms with Gasteiger partial charge in [0.1, 0.15) is 0 Å². The van der Waals surface area contributed by atoms with Crippen molar-refractivity contribution in [2.75, 3.05) is 5.32 Å². The summed E-state index contributed by atoms with van der Waals surface area (Å²) in [5.41, 5.74) is 0.721. The molecular formula is C13H12ClF2N3OS. The summed E-state index contributed by atoms with van der Waals surface area (Å²) in [7, 11) is 0. The average Bonchev–Trinajstić information content (AvgIpc) is 3.09. The fourth-order valence-corrected chi connectivity index (χ4v) is 3.38. The molecule has 3 rings (SSSR count). The van der Waals surface area contributed by atoms with Crippen molar-refractivity contribution in [1.82, 2.24) is 10.2 Å². The molecule has 0 aliphatic heterocycles. The summed E-state index contributed by atoms with van der Waals surface area (Å²) in [6, 6.07) is 5.26. The number of hydrogen-bond acceptors (Lipinski definition) is 3. The second-order valence-electron chi connectivity index (χ2n) is 5.06. The first-order valence-electron chi connectivity index (χ1n) is 6.43. The molecule has 2 aromatic heterocycles. The number of rotatable bonds is 3. The summed E-state index contributed by atoms with van der Waals surface area (Å²) in [4.78, 5) is 12.8. The van der Waals surface area contributed by atoms with Crippen LogP contribution in [0, 0.1) is 5.92 Å². The van der Waals surface area contributed by atoms with E-state index < -0.39 is 24.2 Å². The first-order valence-corrected chi connectivity index (χ1v) is 7.62. The Morgan fingerprint density at radius 2 is 2.33 bits per heavy atom. The van der Waals surface area contributed by atoms with E-state index in [0.29, 0.717) is 10.2 Å². The standard InChI is InChI=1S/C13H12ClF2N3OS/c14-10-2-1-9(21-10)8-5-11(19-18-8)17-12(20)7-3-4-13(15,16)6-7/h1-2,5,7H,3-4,6H2,(H2,17,18,19,20). The zero-order valence-electron chi connectivity index (χ0n) is 10.8. The van der Waals surface area contributed by atoms with Gasteiger partial charge in [-0.25, -0.2) is 8.78 Å². The van der Waals surface area contributed by atoms with E-state index in [-0.39, 0.29) is 12.8 Å². The molecular weight excluding hydrogens is 320 g/mol. The molecule has 1 unspecified atom stereocenters. The lowest BCUT2D eigenvalue weighted by Crippen LogP contribution is -2.22. The van der Waals surface area contributed by atoms with Gasteiger partial charge in [-0.2, -0.15) is 5.10 Å². The fraction of sp³-hybridized carbons (Fsp3) is 0.385. The fourth-order valence-electron chi connectivity index (χ4n) is 2.37. The molecule has 2 aromatic rings. The van der Waals surface area contributed by atoms with Crippen LogP contribution in [0.15, 0.2) is 18.2 Å². The van der Waals surface area contributed by atoms with E-state index in [2.05, 4.69) is 15.5 Å². The molecule has 1 amide bonds. The maximum absolute atomic E-state index is 13.1. The van der Waals surface area contributed by atoms with Gasteiger partial charge in [0.05, 0.1) is 14.9 Å². The molecule has 21 heavy (non-hydrogen) atoms. The van der Waals surface area contributed by atoms with Crippen LogP contribution in [0.2, 0.25) is 4.34 Å². The summed E-state index contributed by atoms with van der Waals surface area (Å²) < 4.78 is 26.9. The summed E-state index contributed by atoms with van der Waals surface area (Å²) in [5.74, 6) is -3.47. The quantitative estimate of drug-likeness (QED) is 0.887. The number of carbonyl (C=O) groups is 1. The topological polar surface area (TPSA) is 57.8 Å². The number of thiophene rings is 1. The summed E-state index contributed by atoms with van der Waals surface area (Å²) in [6.07, 6.45) is -0.419. The van der Waals surface area contributed by atoms with Crippen LogP contribution in [0.1, 0.15) is 19.3 Å². The molecule has 1 atom stereocenters. The van der Waals surface area contributed by atoms with Gasteiger partial charge in [-0.3, -0.25) is 9.89 Å². The number of nitrogens with zero attached hydrogens (tertiary/aromatic N) is 1. The van der Waals surface area contributed by atoms with E-state index in [4.69, 9.17) is 11.6 Å². The Balaban J connectivity index is 1.66. The molecule has 0 radical (unpaired) electrons. The minimum absolute atomic E-state index is 0.205. The monoisotopic (exact) mass is 331 g/mol. The van der Waals surface area contributed by atoms with Crippen molar-refractivity contribution in [3.05, 3.63) is 22.5 Å². The van der Waals surface area contributed by atoms with Crippen LogP contribution in [0.25, 0.3) is 10.6 Å². The van der Waals surface area contributed by atoms with Gasteiger partial charge < -0.3 is 5.32 Å². The summed E-state index contributed by atoms with van der Waals surface area (Å²) in [5, 5.41) is 9.33. The van der Waals surface area contributed by atoms with Crippen molar-refractivity contribution in [2.45, 2.75) is 25.2 Å². The molecule has 4 nitrogen and oxygen atoms in total. The van der Waals surface area contributed by atoms with Gasteiger partial charge in [-0.05, 0) is 18.6 Å². The van der Waals surface area contributed by atoms with Crippen molar-refractivity contribution in [3.63, 3.8) is 0 Å². The third-order valence-electron chi connectivity index (χ3n) is 3.44. The molecule has 0 aromatic carbocycles. The molecule has 1 saturated carbocycles. The third-order valence-corrected chi connectivity index (χ3v) is 4.71. The van der Waals surface area contributed by atoms with Gasteiger partial charge in [-0.1, -0.05) is 11.6 Å². The summed E-state index contributed by atoms with van der Waals surface area (Å²) in [6.45, 7) is 0. The Morgan fingerprint density at radius 1 is 1.52 bits per heavy atom. The van der Waals surface area contributed by atoms with E-state index in [1.54, 1.807) is 12.1 Å². The highest BCUT2D eigenvalue weighted by molar-refractivity contribution is 7.19. The van der Waals surface area contributed by atoms with Crippen molar-refractivity contribution < 1.29 is 13.6 Å². The number of hydrogen-bond donors (Lipinski definition) is 2. The predicted molar refractivity (Wildman–Crippen MR) is 77.8 cm³/mol. The van der Waals surface area contributed by atoms with Crippen molar-refractivity contribution in [2.24, 2.45) is 5.92 Å². The number of H-pyrrole nitrogens is 1. The SMILES string of the molecule is O=C(Nc1cc(-c2ccc(Cl)s2)[nH]n1)C1CCC(F)(F)C1. The van der Waals surface area contributed by atoms with Gasteiger partial charge in [0.2, 0.25) is 11.8 Å². The van der Waals surface area contributed by atoms with Gasteiger partial charge in [0.15, 0.2) is 5.82 Å². The highest BCUT2D eigenvalue weighted by atomic mass is 35.5. The molecule has 112 valence electrons. The minimum atomic E-state index is -2.73. The minimum Gasteiger partial charge on any atom is -0.309 e. The summed E-state index contributed by atoms with van der Waals surface area (Å²) >= 11 is 7.24. The number of alkyl halides is 2. The second-order valence-corrected chi connectivity index (χ2v) is 6.77. The Kier molecular flexibility index (Phi) is 3.71. The molecule has 0 bridgehead atoms. The number of aromatic nitrogens is 2. The van der Waals surface area contributed by atoms with Gasteiger partial charge in [0, 0.05) is 24.8 Å². The van der Waals surface area contributed by atoms with E-state index in [1.165, 1.54) is 11.3 Å². The molecule has 1 aliphatic carbocycles. The highest BCUT2D eigenvalue weighted by Gasteiger charge is 2.42. The van der Waals surface area contributed by atoms with Crippen molar-refractivity contribution >= 4 is 34.7 Å². The van der Waals surface area contributed by atoms with E-state index in [1.807, 2.05) is 6.07 Å². The smallest absolute Gasteiger partial charge is 0.248 e. The van der Waals surface area contributed by atoms with Crippen molar-refractivity contribution in [3.8, 4) is 10.6 Å². The normalized spacial score (nSPS) is 20.6. The van der Waals surface area contributed by atoms with Crippen molar-refractivity contribution in [1.29, 1.82) is 0 Å². The highest BCUT2D eigenvalue weighted by Crippen LogP contribution is 2.39. The van der Waals surface area contributed by atoms with Gasteiger partial charge in [0.25, 0.3) is 0 Å². The van der Waals surface area contributed by atoms with Crippen LogP contribution in [0.4, 0.5) is 14.6 Å². The Hall–Kier alpha value is -1.47. The van der Waals surface area contributed by atoms with Crippen LogP contribution < -0.4 is 5.32 Å². The number of halogens is 3. The Labute approximate surface area is 128 Å². The molecule has 1 aliphatic rings. The zero-order valence-corrected chi connectivity index (χ0v) is 12.4. The molecule has 2 heterocycles. The van der Waals surface area contributed by atoms with E-state index in [9.17, 15) is 13.6 Å². The maximum Gasteiger partial charge on any atom is 0.248 e. The molecule has 2 N–H and O–H groups in total. The lowest BCUT2D eigenvalue weighted by atomic mass is 10.1. The van der Waals surface area contributed by atoms with Crippen LogP contribution in [-0.4, -0.2) is 22.0 Å². The van der Waals surface area contributed by atoms with Gasteiger partial charge >= 0.3 is 0 Å². The molecule has 0 saturated heterocycles. The van der Waals surface area contributed by atoms with Gasteiger partial charge in [-0.15, -0.1) is 11.3 Å². The second kappa shape index (κ2) is 5.38. The van der Waals surface area contributed by atoms with E-state index in [0.717, 1.165) is 10.6 Å². The van der Waals surface area contributed by atoms with Crippen LogP contribution >= 0.6 is 22.9 Å². The first-order chi connectivity index (χ1) is 9.93. The lowest BCUT2D eigenvalue weighted by Gasteiger charge is -2.09. The number of anilines is 1. The average molecular weight is 332 g/mol. The third kappa shape index (κ3) is 3.24.